The Morgan fingerprint density at radius 1 is 1.19 bits per heavy atom. The van der Waals surface area contributed by atoms with Crippen LogP contribution in [0.1, 0.15) is 27.3 Å². The molecule has 1 fully saturated rings. The first-order valence-electron chi connectivity index (χ1n) is 10.6. The lowest BCUT2D eigenvalue weighted by Gasteiger charge is -2.29. The van der Waals surface area contributed by atoms with Crippen LogP contribution in [-0.2, 0) is 17.7 Å². The van der Waals surface area contributed by atoms with Gasteiger partial charge in [0.1, 0.15) is 5.69 Å². The van der Waals surface area contributed by atoms with Crippen molar-refractivity contribution in [1.82, 2.24) is 9.88 Å². The summed E-state index contributed by atoms with van der Waals surface area (Å²) in [4.78, 5) is 15.5. The first kappa shape index (κ1) is 22.7. The van der Waals surface area contributed by atoms with Gasteiger partial charge in [-0.1, -0.05) is 12.1 Å². The number of nitrogens with one attached hydrogen (secondary N) is 1. The molecular formula is C24H33N3O4. The molecule has 0 radical (unpaired) electrons. The Balaban J connectivity index is 1.75. The number of ether oxygens (including phenoxy) is 3. The van der Waals surface area contributed by atoms with Crippen LogP contribution in [0, 0.1) is 13.8 Å². The predicted molar refractivity (Wildman–Crippen MR) is 123 cm³/mol. The number of morpholine rings is 1. The zero-order valence-corrected chi connectivity index (χ0v) is 19.0. The van der Waals surface area contributed by atoms with Gasteiger partial charge in [0.05, 0.1) is 33.1 Å². The van der Waals surface area contributed by atoms with E-state index in [0.717, 1.165) is 35.6 Å². The molecule has 3 rings (SSSR count). The number of rotatable bonds is 9. The van der Waals surface area contributed by atoms with Gasteiger partial charge < -0.3 is 29.0 Å². The lowest BCUT2D eigenvalue weighted by Crippen LogP contribution is -2.36. The van der Waals surface area contributed by atoms with Crippen molar-refractivity contribution in [2.24, 2.45) is 0 Å². The normalized spacial score (nSPS) is 13.7. The Bertz CT molecular complexity index is 929. The summed E-state index contributed by atoms with van der Waals surface area (Å²) in [6.45, 7) is 12.2. The van der Waals surface area contributed by atoms with Gasteiger partial charge in [0.25, 0.3) is 5.91 Å². The highest BCUT2D eigenvalue weighted by atomic mass is 16.5. The second kappa shape index (κ2) is 10.4. The number of methoxy groups -OCH3 is 2. The molecule has 0 bridgehead atoms. The van der Waals surface area contributed by atoms with Gasteiger partial charge in [-0.2, -0.15) is 0 Å². The lowest BCUT2D eigenvalue weighted by atomic mass is 10.1. The van der Waals surface area contributed by atoms with Crippen molar-refractivity contribution in [1.29, 1.82) is 0 Å². The Morgan fingerprint density at radius 2 is 1.90 bits per heavy atom. The smallest absolute Gasteiger partial charge is 0.268 e. The number of benzene rings is 1. The quantitative estimate of drug-likeness (QED) is 0.623. The fourth-order valence-electron chi connectivity index (χ4n) is 4.22. The number of allylic oxidation sites excluding steroid dienone is 1. The molecular weight excluding hydrogens is 394 g/mol. The van der Waals surface area contributed by atoms with Crippen LogP contribution >= 0.6 is 0 Å². The minimum absolute atomic E-state index is 0.0672. The van der Waals surface area contributed by atoms with E-state index in [0.29, 0.717) is 49.9 Å². The Hall–Kier alpha value is -2.93. The van der Waals surface area contributed by atoms with Crippen molar-refractivity contribution >= 4 is 11.6 Å². The number of hydrogen-bond acceptors (Lipinski definition) is 5. The molecule has 0 atom stereocenters. The largest absolute Gasteiger partial charge is 0.493 e. The highest BCUT2D eigenvalue weighted by molar-refractivity contribution is 5.96. The second-order valence-electron chi connectivity index (χ2n) is 7.60. The summed E-state index contributed by atoms with van der Waals surface area (Å²) in [6, 6.07) is 5.81. The fraction of sp³-hybridized carbons (Fsp3) is 0.458. The topological polar surface area (TPSA) is 65.0 Å². The van der Waals surface area contributed by atoms with E-state index in [9.17, 15) is 4.79 Å². The van der Waals surface area contributed by atoms with Gasteiger partial charge in [-0.05, 0) is 38.0 Å². The number of nitrogens with zero attached hydrogens (tertiary/aromatic N) is 2. The van der Waals surface area contributed by atoms with E-state index in [2.05, 4.69) is 28.3 Å². The zero-order chi connectivity index (χ0) is 22.4. The second-order valence-corrected chi connectivity index (χ2v) is 7.60. The molecule has 1 aromatic heterocycles. The molecule has 7 nitrogen and oxygen atoms in total. The summed E-state index contributed by atoms with van der Waals surface area (Å²) in [5.74, 6) is 1.31. The van der Waals surface area contributed by atoms with E-state index in [4.69, 9.17) is 14.2 Å². The third-order valence-corrected chi connectivity index (χ3v) is 5.73. The molecule has 31 heavy (non-hydrogen) atoms. The Kier molecular flexibility index (Phi) is 7.63. The summed E-state index contributed by atoms with van der Waals surface area (Å²) < 4.78 is 18.2. The van der Waals surface area contributed by atoms with Crippen molar-refractivity contribution < 1.29 is 19.0 Å². The SMILES string of the molecule is C=CCn1c(C)c(N2CCOCC2)c(C)c1C(=O)NCCc1ccc(OC)c(OC)c1. The number of carbonyl (C=O) groups excluding carboxylic acids is 1. The third kappa shape index (κ3) is 4.88. The van der Waals surface area contributed by atoms with Gasteiger partial charge in [-0.3, -0.25) is 4.79 Å². The fourth-order valence-corrected chi connectivity index (χ4v) is 4.22. The molecule has 168 valence electrons. The third-order valence-electron chi connectivity index (χ3n) is 5.73. The molecule has 0 unspecified atom stereocenters. The summed E-state index contributed by atoms with van der Waals surface area (Å²) in [6.07, 6.45) is 2.53. The van der Waals surface area contributed by atoms with Crippen molar-refractivity contribution in [2.45, 2.75) is 26.8 Å². The van der Waals surface area contributed by atoms with Gasteiger partial charge in [0.15, 0.2) is 11.5 Å². The van der Waals surface area contributed by atoms with Crippen LogP contribution in [0.4, 0.5) is 5.69 Å². The summed E-state index contributed by atoms with van der Waals surface area (Å²) >= 11 is 0. The number of amides is 1. The molecule has 1 aliphatic heterocycles. The molecule has 7 heteroatoms. The molecule has 1 aliphatic rings. The summed E-state index contributed by atoms with van der Waals surface area (Å²) in [7, 11) is 3.24. The van der Waals surface area contributed by atoms with E-state index in [1.165, 1.54) is 0 Å². The molecule has 1 aromatic carbocycles. The number of carbonyl (C=O) groups is 1. The molecule has 2 heterocycles. The first-order valence-corrected chi connectivity index (χ1v) is 10.6. The predicted octanol–water partition coefficient (Wildman–Crippen LogP) is 3.12. The van der Waals surface area contributed by atoms with Crippen LogP contribution in [0.25, 0.3) is 0 Å². The maximum atomic E-state index is 13.2. The minimum atomic E-state index is -0.0672. The standard InChI is InChI=1S/C24H33N3O4/c1-6-11-27-18(3)22(26-12-14-31-15-13-26)17(2)23(27)24(28)25-10-9-19-7-8-20(29-4)21(16-19)30-5/h6-8,16H,1,9-15H2,2-5H3,(H,25,28). The first-order chi connectivity index (χ1) is 15.0. The summed E-state index contributed by atoms with van der Waals surface area (Å²) in [5.41, 5.74) is 5.00. The van der Waals surface area contributed by atoms with Crippen LogP contribution in [0.2, 0.25) is 0 Å². The maximum Gasteiger partial charge on any atom is 0.268 e. The van der Waals surface area contributed by atoms with E-state index >= 15 is 0 Å². The monoisotopic (exact) mass is 427 g/mol. The van der Waals surface area contributed by atoms with E-state index < -0.39 is 0 Å². The van der Waals surface area contributed by atoms with Gasteiger partial charge >= 0.3 is 0 Å². The Labute approximate surface area is 184 Å². The van der Waals surface area contributed by atoms with Gasteiger partial charge in [-0.25, -0.2) is 0 Å². The average molecular weight is 428 g/mol. The highest BCUT2D eigenvalue weighted by Gasteiger charge is 2.26. The van der Waals surface area contributed by atoms with E-state index in [1.807, 2.05) is 31.2 Å². The van der Waals surface area contributed by atoms with Gasteiger partial charge in [0, 0.05) is 37.4 Å². The highest BCUT2D eigenvalue weighted by Crippen LogP contribution is 2.32. The van der Waals surface area contributed by atoms with Crippen LogP contribution in [-0.4, -0.2) is 57.5 Å². The van der Waals surface area contributed by atoms with Crippen molar-refractivity contribution in [3.8, 4) is 11.5 Å². The van der Waals surface area contributed by atoms with E-state index in [1.54, 1.807) is 14.2 Å². The number of hydrogen-bond donors (Lipinski definition) is 1. The zero-order valence-electron chi connectivity index (χ0n) is 19.0. The lowest BCUT2D eigenvalue weighted by molar-refractivity contribution is 0.0944. The van der Waals surface area contributed by atoms with Crippen LogP contribution in [0.5, 0.6) is 11.5 Å². The van der Waals surface area contributed by atoms with Crippen LogP contribution < -0.4 is 19.7 Å². The summed E-state index contributed by atoms with van der Waals surface area (Å²) in [5, 5.41) is 3.09. The molecule has 1 N–H and O–H groups in total. The maximum absolute atomic E-state index is 13.2. The van der Waals surface area contributed by atoms with Gasteiger partial charge in [0.2, 0.25) is 0 Å². The van der Waals surface area contributed by atoms with Crippen molar-refractivity contribution in [3.05, 3.63) is 53.4 Å². The molecule has 2 aromatic rings. The minimum Gasteiger partial charge on any atom is -0.493 e. The molecule has 0 spiro atoms. The molecule has 0 aliphatic carbocycles. The van der Waals surface area contributed by atoms with Crippen LogP contribution in [0.15, 0.2) is 30.9 Å². The Morgan fingerprint density at radius 3 is 2.55 bits per heavy atom. The average Bonchev–Trinajstić information content (AvgIpc) is 3.03. The molecule has 0 saturated carbocycles. The van der Waals surface area contributed by atoms with Gasteiger partial charge in [-0.15, -0.1) is 6.58 Å². The van der Waals surface area contributed by atoms with Crippen molar-refractivity contribution in [2.75, 3.05) is 52.0 Å². The van der Waals surface area contributed by atoms with E-state index in [-0.39, 0.29) is 5.91 Å². The van der Waals surface area contributed by atoms with Crippen molar-refractivity contribution in [3.63, 3.8) is 0 Å². The van der Waals surface area contributed by atoms with Crippen LogP contribution in [0.3, 0.4) is 0 Å². The molecule has 1 amide bonds. The number of anilines is 1. The molecule has 1 saturated heterocycles. The number of aromatic nitrogens is 1.